The molecule has 0 spiro atoms. The predicted octanol–water partition coefficient (Wildman–Crippen LogP) is 2.52. The van der Waals surface area contributed by atoms with Crippen LogP contribution in [0.25, 0.3) is 0 Å². The molecule has 0 radical (unpaired) electrons. The number of aliphatic hydroxyl groups excluding tert-OH is 2. The lowest BCUT2D eigenvalue weighted by atomic mass is 10.0. The van der Waals surface area contributed by atoms with E-state index < -0.39 is 45.7 Å². The summed E-state index contributed by atoms with van der Waals surface area (Å²) in [4.78, 5) is 12.0. The van der Waals surface area contributed by atoms with Crippen LogP contribution in [-0.2, 0) is 10.0 Å². The van der Waals surface area contributed by atoms with E-state index in [9.17, 15) is 27.4 Å². The molecular weight excluding hydrogens is 466 g/mol. The smallest absolute Gasteiger partial charge is 0.322 e. The third-order valence-corrected chi connectivity index (χ3v) is 5.67. The monoisotopic (exact) mass is 492 g/mol. The second-order valence-electron chi connectivity index (χ2n) is 7.53. The van der Waals surface area contributed by atoms with Crippen molar-refractivity contribution in [2.24, 2.45) is 5.92 Å². The van der Waals surface area contributed by atoms with Crippen molar-refractivity contribution >= 4 is 27.7 Å². The normalized spacial score (nSPS) is 14.8. The molecule has 2 rings (SSSR count). The molecule has 0 amide bonds. The van der Waals surface area contributed by atoms with Crippen LogP contribution < -0.4 is 9.46 Å². The number of anilines is 1. The first-order chi connectivity index (χ1) is 14.9. The Morgan fingerprint density at radius 2 is 1.78 bits per heavy atom. The Bertz CT molecular complexity index is 1010. The highest BCUT2D eigenvalue weighted by Crippen LogP contribution is 2.36. The lowest BCUT2D eigenvalue weighted by Crippen LogP contribution is -2.36. The fourth-order valence-corrected chi connectivity index (χ4v) is 4.12. The second kappa shape index (κ2) is 11.2. The van der Waals surface area contributed by atoms with Gasteiger partial charge in [-0.05, 0) is 31.4 Å². The number of sulfonamides is 1. The molecule has 32 heavy (non-hydrogen) atoms. The van der Waals surface area contributed by atoms with Gasteiger partial charge in [0.15, 0.2) is 5.16 Å². The highest BCUT2D eigenvalue weighted by atomic mass is 32.2. The summed E-state index contributed by atoms with van der Waals surface area (Å²) in [6.07, 6.45) is -0.865. The van der Waals surface area contributed by atoms with E-state index in [1.54, 1.807) is 0 Å². The molecule has 3 atom stereocenters. The van der Waals surface area contributed by atoms with Gasteiger partial charge in [-0.15, -0.1) is 0 Å². The number of halogens is 2. The van der Waals surface area contributed by atoms with Crippen LogP contribution in [-0.4, -0.2) is 58.7 Å². The Labute approximate surface area is 189 Å². The first kappa shape index (κ1) is 26.2. The zero-order valence-corrected chi connectivity index (χ0v) is 19.6. The van der Waals surface area contributed by atoms with Crippen LogP contribution in [0.4, 0.5) is 14.7 Å². The molecule has 0 bridgehead atoms. The molecule has 0 aliphatic carbocycles. The summed E-state index contributed by atoms with van der Waals surface area (Å²) in [7, 11) is -3.75. The quantitative estimate of drug-likeness (QED) is 0.404. The lowest BCUT2D eigenvalue weighted by molar-refractivity contribution is -0.0138. The summed E-state index contributed by atoms with van der Waals surface area (Å²) in [5.74, 6) is -1.75. The number of nitrogens with one attached hydrogen (secondary N) is 1. The maximum Gasteiger partial charge on any atom is 0.322 e. The van der Waals surface area contributed by atoms with E-state index in [4.69, 9.17) is 4.74 Å². The standard InChI is InChI=1S/C19H26F2N4O5S2/c1-10(2)8-15(14(27)9-26)30-18-22-17(25-32(4,28)29)23-19(24-18)31-11(3)16-12(20)6-5-7-13(16)21/h5-7,10-11,14-15,26-27H,8-9H2,1-4H3,(H,22,23,24,25)/t11?,14-,15+/m0/s1. The summed E-state index contributed by atoms with van der Waals surface area (Å²) < 4.78 is 59.3. The van der Waals surface area contributed by atoms with Crippen molar-refractivity contribution in [2.45, 2.75) is 49.8 Å². The number of ether oxygens (including phenoxy) is 1. The van der Waals surface area contributed by atoms with Gasteiger partial charge >= 0.3 is 6.01 Å². The third-order valence-electron chi connectivity index (χ3n) is 4.14. The SMILES string of the molecule is CC(C)C[C@@H](Oc1nc(NS(C)(=O)=O)nc(SC(C)c2c(F)cccc2F)n1)[C@@H](O)CO. The Kier molecular flexibility index (Phi) is 9.13. The molecule has 1 unspecified atom stereocenters. The van der Waals surface area contributed by atoms with Crippen molar-refractivity contribution < 1.29 is 32.1 Å². The van der Waals surface area contributed by atoms with Crippen molar-refractivity contribution in [1.29, 1.82) is 0 Å². The van der Waals surface area contributed by atoms with E-state index in [1.165, 1.54) is 13.0 Å². The van der Waals surface area contributed by atoms with Gasteiger partial charge in [0.05, 0.1) is 12.9 Å². The van der Waals surface area contributed by atoms with Crippen molar-refractivity contribution in [3.63, 3.8) is 0 Å². The topological polar surface area (TPSA) is 135 Å². The number of aromatic nitrogens is 3. The number of rotatable bonds is 11. The van der Waals surface area contributed by atoms with Gasteiger partial charge in [-0.3, -0.25) is 4.72 Å². The third kappa shape index (κ3) is 7.80. The molecule has 178 valence electrons. The van der Waals surface area contributed by atoms with Crippen LogP contribution in [0.15, 0.2) is 23.4 Å². The fraction of sp³-hybridized carbons (Fsp3) is 0.526. The largest absolute Gasteiger partial charge is 0.457 e. The fourth-order valence-electron chi connectivity index (χ4n) is 2.77. The van der Waals surface area contributed by atoms with E-state index >= 15 is 0 Å². The van der Waals surface area contributed by atoms with Crippen molar-refractivity contribution in [3.05, 3.63) is 35.4 Å². The lowest BCUT2D eigenvalue weighted by Gasteiger charge is -2.23. The maximum absolute atomic E-state index is 14.1. The number of benzene rings is 1. The highest BCUT2D eigenvalue weighted by molar-refractivity contribution is 7.99. The molecule has 2 aromatic rings. The predicted molar refractivity (Wildman–Crippen MR) is 116 cm³/mol. The second-order valence-corrected chi connectivity index (χ2v) is 10.6. The van der Waals surface area contributed by atoms with Crippen LogP contribution in [0.2, 0.25) is 0 Å². The molecule has 3 N–H and O–H groups in total. The summed E-state index contributed by atoms with van der Waals surface area (Å²) >= 11 is 0.866. The Morgan fingerprint density at radius 1 is 1.16 bits per heavy atom. The summed E-state index contributed by atoms with van der Waals surface area (Å²) in [6.45, 7) is 4.74. The zero-order chi connectivity index (χ0) is 24.1. The molecular formula is C19H26F2N4O5S2. The van der Waals surface area contributed by atoms with Gasteiger partial charge in [-0.1, -0.05) is 31.7 Å². The van der Waals surface area contributed by atoms with Gasteiger partial charge in [0.25, 0.3) is 0 Å². The zero-order valence-electron chi connectivity index (χ0n) is 18.0. The van der Waals surface area contributed by atoms with Crippen LogP contribution >= 0.6 is 11.8 Å². The molecule has 1 heterocycles. The number of aliphatic hydroxyl groups is 2. The van der Waals surface area contributed by atoms with Crippen molar-refractivity contribution in [1.82, 2.24) is 15.0 Å². The van der Waals surface area contributed by atoms with Crippen LogP contribution in [0.5, 0.6) is 6.01 Å². The molecule has 1 aromatic carbocycles. The van der Waals surface area contributed by atoms with E-state index in [-0.39, 0.29) is 28.6 Å². The van der Waals surface area contributed by atoms with E-state index in [1.807, 2.05) is 13.8 Å². The van der Waals surface area contributed by atoms with Crippen LogP contribution in [0.1, 0.15) is 38.0 Å². The Hall–Kier alpha value is -2.09. The molecule has 0 aliphatic rings. The molecule has 0 aliphatic heterocycles. The van der Waals surface area contributed by atoms with Gasteiger partial charge in [-0.2, -0.15) is 15.0 Å². The first-order valence-corrected chi connectivity index (χ1v) is 12.5. The molecule has 0 saturated heterocycles. The van der Waals surface area contributed by atoms with Gasteiger partial charge in [-0.25, -0.2) is 17.2 Å². The average molecular weight is 493 g/mol. The minimum Gasteiger partial charge on any atom is -0.457 e. The van der Waals surface area contributed by atoms with Gasteiger partial charge in [0, 0.05) is 10.8 Å². The Morgan fingerprint density at radius 3 is 2.31 bits per heavy atom. The van der Waals surface area contributed by atoms with E-state index in [2.05, 4.69) is 19.7 Å². The minimum absolute atomic E-state index is 0.0573. The van der Waals surface area contributed by atoms with E-state index in [0.717, 1.165) is 30.2 Å². The molecule has 1 aromatic heterocycles. The number of hydrogen-bond acceptors (Lipinski definition) is 9. The van der Waals surface area contributed by atoms with E-state index in [0.29, 0.717) is 6.42 Å². The first-order valence-electron chi connectivity index (χ1n) is 9.69. The summed E-state index contributed by atoms with van der Waals surface area (Å²) in [5.41, 5.74) is -0.189. The number of thioether (sulfide) groups is 1. The highest BCUT2D eigenvalue weighted by Gasteiger charge is 2.25. The van der Waals surface area contributed by atoms with Crippen LogP contribution in [0, 0.1) is 17.6 Å². The molecule has 9 nitrogen and oxygen atoms in total. The number of hydrogen-bond donors (Lipinski definition) is 3. The van der Waals surface area contributed by atoms with Crippen molar-refractivity contribution in [2.75, 3.05) is 17.6 Å². The Balaban J connectivity index is 2.40. The summed E-state index contributed by atoms with van der Waals surface area (Å²) in [6, 6.07) is 3.19. The van der Waals surface area contributed by atoms with Gasteiger partial charge in [0.1, 0.15) is 23.8 Å². The van der Waals surface area contributed by atoms with Crippen LogP contribution in [0.3, 0.4) is 0 Å². The molecule has 0 saturated carbocycles. The molecule has 0 fully saturated rings. The molecule has 13 heteroatoms. The minimum atomic E-state index is -3.75. The summed E-state index contributed by atoms with van der Waals surface area (Å²) in [5, 5.41) is 18.5. The van der Waals surface area contributed by atoms with Crippen molar-refractivity contribution in [3.8, 4) is 6.01 Å². The van der Waals surface area contributed by atoms with Gasteiger partial charge < -0.3 is 14.9 Å². The average Bonchev–Trinajstić information content (AvgIpc) is 2.64. The maximum atomic E-state index is 14.1. The van der Waals surface area contributed by atoms with Gasteiger partial charge in [0.2, 0.25) is 16.0 Å². The number of nitrogens with zero attached hydrogens (tertiary/aromatic N) is 3.